The molecule has 1 N–H and O–H groups in total. The zero-order valence-electron chi connectivity index (χ0n) is 9.12. The lowest BCUT2D eigenvalue weighted by atomic mass is 10.0. The quantitative estimate of drug-likeness (QED) is 0.609. The van der Waals surface area contributed by atoms with Gasteiger partial charge in [0.1, 0.15) is 5.75 Å². The van der Waals surface area contributed by atoms with Crippen LogP contribution in [0.2, 0.25) is 0 Å². The molecule has 0 aliphatic heterocycles. The van der Waals surface area contributed by atoms with Gasteiger partial charge in [0.2, 0.25) is 0 Å². The molecule has 1 aromatic rings. The molecule has 0 aromatic heterocycles. The zero-order chi connectivity index (χ0) is 11.3. The van der Waals surface area contributed by atoms with E-state index in [9.17, 15) is 4.79 Å². The number of unbranched alkanes of at least 4 members (excludes halogenated alkanes) is 1. The molecule has 0 heterocycles. The van der Waals surface area contributed by atoms with Gasteiger partial charge in [-0.2, -0.15) is 0 Å². The van der Waals surface area contributed by atoms with Crippen LogP contribution in [0.15, 0.2) is 18.2 Å². The van der Waals surface area contributed by atoms with Crippen LogP contribution in [0.5, 0.6) is 5.75 Å². The summed E-state index contributed by atoms with van der Waals surface area (Å²) in [5.41, 5.74) is 2.10. The maximum Gasteiger partial charge on any atom is 0.511 e. The molecule has 0 aliphatic carbocycles. The molecular formula is C12H16O3. The number of hydrogen-bond donors (Lipinski definition) is 1. The van der Waals surface area contributed by atoms with E-state index in [2.05, 4.69) is 6.92 Å². The minimum absolute atomic E-state index is 0.460. The minimum atomic E-state index is -1.25. The van der Waals surface area contributed by atoms with E-state index in [4.69, 9.17) is 9.84 Å². The molecule has 0 amide bonds. The van der Waals surface area contributed by atoms with E-state index in [-0.39, 0.29) is 0 Å². The number of carbonyl (C=O) groups is 1. The molecule has 15 heavy (non-hydrogen) atoms. The van der Waals surface area contributed by atoms with Crippen LogP contribution in [0.25, 0.3) is 0 Å². The fourth-order valence-electron chi connectivity index (χ4n) is 1.46. The molecule has 3 heteroatoms. The van der Waals surface area contributed by atoms with E-state index < -0.39 is 6.16 Å². The number of benzene rings is 1. The summed E-state index contributed by atoms with van der Waals surface area (Å²) in [6, 6.07) is 5.55. The average molecular weight is 208 g/mol. The third-order valence-electron chi connectivity index (χ3n) is 2.21. The molecule has 0 radical (unpaired) electrons. The van der Waals surface area contributed by atoms with Gasteiger partial charge in [-0.1, -0.05) is 31.0 Å². The van der Waals surface area contributed by atoms with Crippen LogP contribution in [0.3, 0.4) is 0 Å². The Balaban J connectivity index is 2.87. The fourth-order valence-corrected chi connectivity index (χ4v) is 1.46. The van der Waals surface area contributed by atoms with E-state index in [1.54, 1.807) is 6.07 Å². The summed E-state index contributed by atoms with van der Waals surface area (Å²) in [6.07, 6.45) is 1.73. The van der Waals surface area contributed by atoms with E-state index >= 15 is 0 Å². The molecular weight excluding hydrogens is 192 g/mol. The Hall–Kier alpha value is -1.51. The van der Waals surface area contributed by atoms with Crippen molar-refractivity contribution in [2.75, 3.05) is 0 Å². The molecule has 3 nitrogen and oxygen atoms in total. The number of carboxylic acid groups (broad SMARTS) is 1. The van der Waals surface area contributed by atoms with Gasteiger partial charge >= 0.3 is 6.16 Å². The third-order valence-corrected chi connectivity index (χ3v) is 2.21. The van der Waals surface area contributed by atoms with Crippen molar-refractivity contribution < 1.29 is 14.6 Å². The van der Waals surface area contributed by atoms with Crippen molar-refractivity contribution in [2.24, 2.45) is 0 Å². The van der Waals surface area contributed by atoms with Crippen molar-refractivity contribution in [3.05, 3.63) is 29.3 Å². The average Bonchev–Trinajstić information content (AvgIpc) is 2.18. The first kappa shape index (κ1) is 11.6. The van der Waals surface area contributed by atoms with Crippen LogP contribution in [0.4, 0.5) is 4.79 Å². The highest BCUT2D eigenvalue weighted by molar-refractivity contribution is 5.62. The van der Waals surface area contributed by atoms with Crippen molar-refractivity contribution in [3.63, 3.8) is 0 Å². The molecule has 0 atom stereocenters. The highest BCUT2D eigenvalue weighted by atomic mass is 16.7. The Morgan fingerprint density at radius 3 is 2.80 bits per heavy atom. The largest absolute Gasteiger partial charge is 0.511 e. The van der Waals surface area contributed by atoms with Crippen molar-refractivity contribution in [1.82, 2.24) is 0 Å². The number of rotatable bonds is 4. The van der Waals surface area contributed by atoms with Gasteiger partial charge in [-0.25, -0.2) is 4.79 Å². The van der Waals surface area contributed by atoms with E-state index in [1.165, 1.54) is 0 Å². The Bertz CT molecular complexity index is 345. The highest BCUT2D eigenvalue weighted by Crippen LogP contribution is 2.22. The Kier molecular flexibility index (Phi) is 4.16. The van der Waals surface area contributed by atoms with Crippen LogP contribution in [0, 0.1) is 6.92 Å². The van der Waals surface area contributed by atoms with Crippen LogP contribution in [0.1, 0.15) is 30.9 Å². The predicted octanol–water partition coefficient (Wildman–Crippen LogP) is 3.39. The molecule has 0 aliphatic rings. The van der Waals surface area contributed by atoms with Crippen LogP contribution in [-0.2, 0) is 6.42 Å². The molecule has 0 spiro atoms. The van der Waals surface area contributed by atoms with Crippen LogP contribution in [-0.4, -0.2) is 11.3 Å². The van der Waals surface area contributed by atoms with Gasteiger partial charge in [-0.15, -0.1) is 0 Å². The van der Waals surface area contributed by atoms with Crippen molar-refractivity contribution in [1.29, 1.82) is 0 Å². The standard InChI is InChI=1S/C12H16O3/c1-3-4-5-10-8-9(2)6-7-11(10)15-12(13)14/h6-8H,3-5H2,1-2H3,(H,13,14). The third kappa shape index (κ3) is 3.62. The zero-order valence-corrected chi connectivity index (χ0v) is 9.12. The van der Waals surface area contributed by atoms with E-state index in [0.717, 1.165) is 30.4 Å². The van der Waals surface area contributed by atoms with Gasteiger partial charge in [0.25, 0.3) is 0 Å². The molecule has 0 bridgehead atoms. The summed E-state index contributed by atoms with van der Waals surface area (Å²) in [7, 11) is 0. The lowest BCUT2D eigenvalue weighted by molar-refractivity contribution is 0.144. The predicted molar refractivity (Wildman–Crippen MR) is 58.4 cm³/mol. The lowest BCUT2D eigenvalue weighted by Gasteiger charge is -2.08. The first-order chi connectivity index (χ1) is 7.13. The Morgan fingerprint density at radius 1 is 1.47 bits per heavy atom. The summed E-state index contributed by atoms with van der Waals surface area (Å²) < 4.78 is 4.71. The summed E-state index contributed by atoms with van der Waals surface area (Å²) >= 11 is 0. The van der Waals surface area contributed by atoms with Gasteiger partial charge in [-0.3, -0.25) is 0 Å². The summed E-state index contributed by atoms with van der Waals surface area (Å²) in [5, 5.41) is 8.56. The smallest absolute Gasteiger partial charge is 0.449 e. The van der Waals surface area contributed by atoms with E-state index in [1.807, 2.05) is 19.1 Å². The van der Waals surface area contributed by atoms with Gasteiger partial charge in [0.05, 0.1) is 0 Å². The second-order valence-corrected chi connectivity index (χ2v) is 3.58. The monoisotopic (exact) mass is 208 g/mol. The maximum atomic E-state index is 10.5. The summed E-state index contributed by atoms with van der Waals surface area (Å²) in [5.74, 6) is 0.460. The minimum Gasteiger partial charge on any atom is -0.449 e. The molecule has 0 saturated carbocycles. The number of ether oxygens (including phenoxy) is 1. The van der Waals surface area contributed by atoms with Gasteiger partial charge < -0.3 is 9.84 Å². The van der Waals surface area contributed by atoms with Crippen LogP contribution >= 0.6 is 0 Å². The molecule has 82 valence electrons. The first-order valence-corrected chi connectivity index (χ1v) is 5.13. The van der Waals surface area contributed by atoms with Gasteiger partial charge in [0.15, 0.2) is 0 Å². The fraction of sp³-hybridized carbons (Fsp3) is 0.417. The topological polar surface area (TPSA) is 46.5 Å². The SMILES string of the molecule is CCCCc1cc(C)ccc1OC(=O)O. The summed E-state index contributed by atoms with van der Waals surface area (Å²) in [4.78, 5) is 10.5. The van der Waals surface area contributed by atoms with Crippen molar-refractivity contribution in [3.8, 4) is 5.75 Å². The molecule has 0 fully saturated rings. The van der Waals surface area contributed by atoms with Gasteiger partial charge in [0, 0.05) is 0 Å². The highest BCUT2D eigenvalue weighted by Gasteiger charge is 2.07. The molecule has 1 rings (SSSR count). The normalized spacial score (nSPS) is 10.0. The first-order valence-electron chi connectivity index (χ1n) is 5.13. The van der Waals surface area contributed by atoms with Crippen molar-refractivity contribution in [2.45, 2.75) is 33.1 Å². The van der Waals surface area contributed by atoms with Crippen LogP contribution < -0.4 is 4.74 Å². The lowest BCUT2D eigenvalue weighted by Crippen LogP contribution is -2.05. The molecule has 0 saturated heterocycles. The maximum absolute atomic E-state index is 10.5. The second kappa shape index (κ2) is 5.39. The second-order valence-electron chi connectivity index (χ2n) is 3.58. The van der Waals surface area contributed by atoms with Crippen molar-refractivity contribution >= 4 is 6.16 Å². The Labute approximate surface area is 89.7 Å². The summed E-state index contributed by atoms with van der Waals surface area (Å²) in [6.45, 7) is 4.09. The van der Waals surface area contributed by atoms with E-state index in [0.29, 0.717) is 5.75 Å². The number of aryl methyl sites for hydroxylation is 2. The number of hydrogen-bond acceptors (Lipinski definition) is 2. The molecule has 0 unspecified atom stereocenters. The van der Waals surface area contributed by atoms with Gasteiger partial charge in [-0.05, 0) is 31.4 Å². The molecule has 1 aromatic carbocycles. The Morgan fingerprint density at radius 2 is 2.20 bits per heavy atom.